The number of fused-ring (bicyclic) bond motifs is 2. The van der Waals surface area contributed by atoms with Gasteiger partial charge in [-0.3, -0.25) is 9.59 Å². The van der Waals surface area contributed by atoms with E-state index in [1.807, 2.05) is 42.5 Å². The first-order valence-corrected chi connectivity index (χ1v) is 11.2. The predicted molar refractivity (Wildman–Crippen MR) is 126 cm³/mol. The maximum atomic E-state index is 13.3. The minimum atomic E-state index is -0.251. The van der Waals surface area contributed by atoms with E-state index in [9.17, 15) is 9.59 Å². The molecule has 0 fully saturated rings. The zero-order valence-corrected chi connectivity index (χ0v) is 18.4. The summed E-state index contributed by atoms with van der Waals surface area (Å²) in [6.07, 6.45) is 6.55. The molecular formula is C25H24N2O4S. The summed E-state index contributed by atoms with van der Waals surface area (Å²) in [7, 11) is 0. The number of carbonyl (C=O) groups excluding carboxylic acids is 2. The molecule has 0 spiro atoms. The first-order valence-electron chi connectivity index (χ1n) is 10.4. The summed E-state index contributed by atoms with van der Waals surface area (Å²) in [6, 6.07) is 14.7. The predicted octanol–water partition coefficient (Wildman–Crippen LogP) is 5.63. The molecule has 1 aliphatic rings. The van der Waals surface area contributed by atoms with Gasteiger partial charge >= 0.3 is 0 Å². The van der Waals surface area contributed by atoms with Crippen LogP contribution >= 0.6 is 11.8 Å². The van der Waals surface area contributed by atoms with Crippen LogP contribution in [0.1, 0.15) is 33.6 Å². The molecule has 7 heteroatoms. The van der Waals surface area contributed by atoms with Crippen LogP contribution in [0.2, 0.25) is 0 Å². The molecule has 0 atom stereocenters. The average Bonchev–Trinajstić information content (AvgIpc) is 3.31. The molecule has 0 saturated carbocycles. The lowest BCUT2D eigenvalue weighted by molar-refractivity contribution is 0.0955. The SMILES string of the molecule is C=CCCCOCCN1C(=O)c2ccccc2Sc2cc(NC(=O)c3ccoc3)ccc21. The molecule has 4 rings (SSSR count). The maximum Gasteiger partial charge on any atom is 0.259 e. The molecule has 0 aliphatic carbocycles. The van der Waals surface area contributed by atoms with Gasteiger partial charge in [-0.1, -0.05) is 30.0 Å². The molecule has 1 aromatic heterocycles. The number of hydrogen-bond acceptors (Lipinski definition) is 5. The molecular weight excluding hydrogens is 424 g/mol. The summed E-state index contributed by atoms with van der Waals surface area (Å²) >= 11 is 1.52. The fourth-order valence-corrected chi connectivity index (χ4v) is 4.53. The zero-order chi connectivity index (χ0) is 22.3. The number of nitrogens with one attached hydrogen (secondary N) is 1. The van der Waals surface area contributed by atoms with Crippen molar-refractivity contribution >= 4 is 35.0 Å². The molecule has 0 unspecified atom stereocenters. The van der Waals surface area contributed by atoms with E-state index in [1.54, 1.807) is 17.0 Å². The summed E-state index contributed by atoms with van der Waals surface area (Å²) < 4.78 is 10.7. The smallest absolute Gasteiger partial charge is 0.259 e. The number of unbranched alkanes of at least 4 members (excludes halogenated alkanes) is 1. The first kappa shape index (κ1) is 21.9. The number of amides is 2. The second-order valence-corrected chi connectivity index (χ2v) is 8.33. The topological polar surface area (TPSA) is 71.8 Å². The molecule has 0 radical (unpaired) electrons. The Kier molecular flexibility index (Phi) is 7.09. The van der Waals surface area contributed by atoms with E-state index in [4.69, 9.17) is 9.15 Å². The number of carbonyl (C=O) groups is 2. The summed E-state index contributed by atoms with van der Waals surface area (Å²) in [5.74, 6) is -0.310. The van der Waals surface area contributed by atoms with Crippen LogP contribution in [0, 0.1) is 0 Å². The fourth-order valence-electron chi connectivity index (χ4n) is 3.41. The van der Waals surface area contributed by atoms with E-state index >= 15 is 0 Å². The Hall–Kier alpha value is -3.29. The van der Waals surface area contributed by atoms with Crippen LogP contribution < -0.4 is 10.2 Å². The quantitative estimate of drug-likeness (QED) is 0.339. The zero-order valence-electron chi connectivity index (χ0n) is 17.6. The van der Waals surface area contributed by atoms with Gasteiger partial charge in [-0.15, -0.1) is 6.58 Å². The first-order chi connectivity index (χ1) is 15.7. The molecule has 2 aromatic carbocycles. The lowest BCUT2D eigenvalue weighted by atomic mass is 10.1. The fraction of sp³-hybridized carbons (Fsp3) is 0.200. The molecule has 3 aromatic rings. The minimum absolute atomic E-state index is 0.0586. The number of anilines is 2. The van der Waals surface area contributed by atoms with E-state index in [-0.39, 0.29) is 11.8 Å². The van der Waals surface area contributed by atoms with Gasteiger partial charge in [0.2, 0.25) is 0 Å². The summed E-state index contributed by atoms with van der Waals surface area (Å²) in [6.45, 7) is 5.23. The third kappa shape index (κ3) is 4.95. The Labute approximate surface area is 191 Å². The van der Waals surface area contributed by atoms with Crippen LogP contribution in [-0.4, -0.2) is 31.6 Å². The monoisotopic (exact) mass is 448 g/mol. The Morgan fingerprint density at radius 3 is 2.84 bits per heavy atom. The number of hydrogen-bond donors (Lipinski definition) is 1. The van der Waals surface area contributed by atoms with Gasteiger partial charge in [0.05, 0.1) is 29.7 Å². The van der Waals surface area contributed by atoms with Crippen molar-refractivity contribution in [2.45, 2.75) is 22.6 Å². The largest absolute Gasteiger partial charge is 0.472 e. The van der Waals surface area contributed by atoms with Crippen molar-refractivity contribution < 1.29 is 18.7 Å². The molecule has 1 N–H and O–H groups in total. The Bertz CT molecular complexity index is 1110. The number of ether oxygens (including phenoxy) is 1. The van der Waals surface area contributed by atoms with Gasteiger partial charge in [-0.25, -0.2) is 0 Å². The molecule has 164 valence electrons. The highest BCUT2D eigenvalue weighted by atomic mass is 32.2. The van der Waals surface area contributed by atoms with Gasteiger partial charge in [-0.05, 0) is 49.2 Å². The number of rotatable bonds is 9. The lowest BCUT2D eigenvalue weighted by Crippen LogP contribution is -2.34. The number of benzene rings is 2. The number of furan rings is 1. The maximum absolute atomic E-state index is 13.3. The molecule has 2 amide bonds. The van der Waals surface area contributed by atoms with Gasteiger partial charge in [0.1, 0.15) is 6.26 Å². The highest BCUT2D eigenvalue weighted by Gasteiger charge is 2.27. The minimum Gasteiger partial charge on any atom is -0.472 e. The molecule has 0 bridgehead atoms. The Morgan fingerprint density at radius 1 is 1.16 bits per heavy atom. The van der Waals surface area contributed by atoms with Crippen molar-refractivity contribution in [1.82, 2.24) is 0 Å². The highest BCUT2D eigenvalue weighted by Crippen LogP contribution is 2.42. The van der Waals surface area contributed by atoms with Crippen molar-refractivity contribution in [1.29, 1.82) is 0 Å². The lowest BCUT2D eigenvalue weighted by Gasteiger charge is -2.23. The van der Waals surface area contributed by atoms with Gasteiger partial charge in [0, 0.05) is 28.6 Å². The van der Waals surface area contributed by atoms with E-state index in [2.05, 4.69) is 11.9 Å². The Morgan fingerprint density at radius 2 is 2.03 bits per heavy atom. The number of allylic oxidation sites excluding steroid dienone is 1. The average molecular weight is 449 g/mol. The van der Waals surface area contributed by atoms with E-state index < -0.39 is 0 Å². The summed E-state index contributed by atoms with van der Waals surface area (Å²) in [4.78, 5) is 29.3. The van der Waals surface area contributed by atoms with Crippen molar-refractivity contribution in [3.05, 3.63) is 84.8 Å². The van der Waals surface area contributed by atoms with Gasteiger partial charge in [0.25, 0.3) is 11.8 Å². The van der Waals surface area contributed by atoms with Gasteiger partial charge in [-0.2, -0.15) is 0 Å². The van der Waals surface area contributed by atoms with E-state index in [0.717, 1.165) is 28.3 Å². The second-order valence-electron chi connectivity index (χ2n) is 7.25. The molecule has 1 aliphatic heterocycles. The van der Waals surface area contributed by atoms with Crippen molar-refractivity contribution in [3.8, 4) is 0 Å². The highest BCUT2D eigenvalue weighted by molar-refractivity contribution is 7.99. The van der Waals surface area contributed by atoms with Crippen LogP contribution in [0.3, 0.4) is 0 Å². The van der Waals surface area contributed by atoms with Crippen molar-refractivity contribution in [3.63, 3.8) is 0 Å². The summed E-state index contributed by atoms with van der Waals surface area (Å²) in [5, 5.41) is 2.89. The van der Waals surface area contributed by atoms with Crippen LogP contribution in [0.25, 0.3) is 0 Å². The third-order valence-corrected chi connectivity index (χ3v) is 6.15. The van der Waals surface area contributed by atoms with E-state index in [0.29, 0.717) is 36.6 Å². The van der Waals surface area contributed by atoms with Crippen LogP contribution in [0.4, 0.5) is 11.4 Å². The molecule has 0 saturated heterocycles. The molecule has 6 nitrogen and oxygen atoms in total. The van der Waals surface area contributed by atoms with Crippen LogP contribution in [0.15, 0.2) is 87.9 Å². The Balaban J connectivity index is 1.58. The molecule has 2 heterocycles. The molecule has 32 heavy (non-hydrogen) atoms. The standard InChI is InChI=1S/C25H24N2O4S/c1-2-3-6-13-30-15-12-27-21-10-9-19(26-24(28)18-11-14-31-17-18)16-23(21)32-22-8-5-4-7-20(22)25(27)29/h2,4-5,7-11,14,16-17H,1,3,6,12-13,15H2,(H,26,28). The van der Waals surface area contributed by atoms with Crippen molar-refractivity contribution in [2.24, 2.45) is 0 Å². The van der Waals surface area contributed by atoms with Gasteiger partial charge < -0.3 is 19.4 Å². The number of nitrogens with zero attached hydrogens (tertiary/aromatic N) is 1. The summed E-state index contributed by atoms with van der Waals surface area (Å²) in [5.41, 5.74) is 2.55. The normalized spacial score (nSPS) is 12.6. The second kappa shape index (κ2) is 10.3. The van der Waals surface area contributed by atoms with Gasteiger partial charge in [0.15, 0.2) is 0 Å². The third-order valence-electron chi connectivity index (χ3n) is 5.03. The van der Waals surface area contributed by atoms with Crippen molar-refractivity contribution in [2.75, 3.05) is 30.0 Å². The van der Waals surface area contributed by atoms with Crippen LogP contribution in [0.5, 0.6) is 0 Å². The van der Waals surface area contributed by atoms with Crippen LogP contribution in [-0.2, 0) is 4.74 Å². The van der Waals surface area contributed by atoms with E-state index in [1.165, 1.54) is 24.3 Å².